The van der Waals surface area contributed by atoms with Gasteiger partial charge in [0, 0.05) is 17.6 Å². The first-order chi connectivity index (χ1) is 13.1. The Hall–Kier alpha value is -1.85. The van der Waals surface area contributed by atoms with Crippen molar-refractivity contribution in [2.24, 2.45) is 0 Å². The lowest BCUT2D eigenvalue weighted by Gasteiger charge is -2.35. The molecule has 1 fully saturated rings. The van der Waals surface area contributed by atoms with Gasteiger partial charge in [-0.15, -0.1) is 0 Å². The number of rotatable bonds is 6. The maximum Gasteiger partial charge on any atom is 0.318 e. The first kappa shape index (κ1) is 19.9. The molecule has 1 aliphatic rings. The van der Waals surface area contributed by atoms with Gasteiger partial charge in [0.15, 0.2) is 0 Å². The van der Waals surface area contributed by atoms with E-state index in [0.717, 1.165) is 41.4 Å². The van der Waals surface area contributed by atoms with Gasteiger partial charge in [0.2, 0.25) is 0 Å². The number of amides is 2. The second kappa shape index (κ2) is 8.89. The van der Waals surface area contributed by atoms with Crippen molar-refractivity contribution in [1.29, 1.82) is 0 Å². The van der Waals surface area contributed by atoms with Crippen LogP contribution in [0.5, 0.6) is 0 Å². The van der Waals surface area contributed by atoms with E-state index in [9.17, 15) is 9.90 Å². The zero-order chi connectivity index (χ0) is 19.3. The van der Waals surface area contributed by atoms with Crippen molar-refractivity contribution in [2.75, 3.05) is 13.2 Å². The van der Waals surface area contributed by atoms with Crippen LogP contribution in [0.2, 0.25) is 0 Å². The summed E-state index contributed by atoms with van der Waals surface area (Å²) in [6, 6.07) is 18.3. The predicted molar refractivity (Wildman–Crippen MR) is 111 cm³/mol. The Morgan fingerprint density at radius 3 is 2.56 bits per heavy atom. The Morgan fingerprint density at radius 2 is 1.89 bits per heavy atom. The highest BCUT2D eigenvalue weighted by molar-refractivity contribution is 9.10. The van der Waals surface area contributed by atoms with Gasteiger partial charge in [-0.2, -0.15) is 0 Å². The molecule has 5 heteroatoms. The number of aliphatic hydroxyl groups is 1. The summed E-state index contributed by atoms with van der Waals surface area (Å²) in [6.07, 6.45) is 3.18. The second-order valence-corrected chi connectivity index (χ2v) is 8.15. The Morgan fingerprint density at radius 1 is 1.19 bits per heavy atom. The van der Waals surface area contributed by atoms with E-state index in [4.69, 9.17) is 0 Å². The summed E-state index contributed by atoms with van der Waals surface area (Å²) in [5.41, 5.74) is 1.82. The second-order valence-electron chi connectivity index (χ2n) is 7.23. The summed E-state index contributed by atoms with van der Waals surface area (Å²) >= 11 is 3.47. The molecule has 1 heterocycles. The molecular weight excluding hydrogens is 404 g/mol. The summed E-state index contributed by atoms with van der Waals surface area (Å²) in [5.74, 6) is 0. The highest BCUT2D eigenvalue weighted by Crippen LogP contribution is 2.35. The number of aliphatic hydroxyl groups excluding tert-OH is 1. The van der Waals surface area contributed by atoms with Crippen LogP contribution in [0, 0.1) is 0 Å². The molecule has 1 saturated heterocycles. The number of benzene rings is 2. The number of carbonyl (C=O) groups is 1. The van der Waals surface area contributed by atoms with Gasteiger partial charge in [-0.05, 0) is 55.9 Å². The van der Waals surface area contributed by atoms with Crippen molar-refractivity contribution in [2.45, 2.75) is 44.2 Å². The fourth-order valence-electron chi connectivity index (χ4n) is 3.97. The van der Waals surface area contributed by atoms with Crippen LogP contribution in [0.4, 0.5) is 4.79 Å². The molecule has 0 radical (unpaired) electrons. The van der Waals surface area contributed by atoms with Crippen molar-refractivity contribution in [1.82, 2.24) is 10.2 Å². The summed E-state index contributed by atoms with van der Waals surface area (Å²) in [5, 5.41) is 12.7. The van der Waals surface area contributed by atoms with Crippen molar-refractivity contribution in [3.63, 3.8) is 0 Å². The van der Waals surface area contributed by atoms with Crippen LogP contribution in [0.1, 0.15) is 49.8 Å². The highest BCUT2D eigenvalue weighted by atomic mass is 79.9. The molecule has 0 spiro atoms. The van der Waals surface area contributed by atoms with E-state index >= 15 is 0 Å². The molecule has 0 saturated carbocycles. The summed E-state index contributed by atoms with van der Waals surface area (Å²) < 4.78 is 1.03. The van der Waals surface area contributed by atoms with E-state index in [1.807, 2.05) is 35.2 Å². The van der Waals surface area contributed by atoms with E-state index in [1.54, 1.807) is 0 Å². The number of nitrogens with zero attached hydrogens (tertiary/aromatic N) is 1. The Labute approximate surface area is 169 Å². The zero-order valence-electron chi connectivity index (χ0n) is 15.7. The minimum atomic E-state index is -0.421. The van der Waals surface area contributed by atoms with Gasteiger partial charge in [0.05, 0.1) is 11.6 Å². The van der Waals surface area contributed by atoms with Crippen molar-refractivity contribution in [3.05, 3.63) is 70.2 Å². The molecule has 144 valence electrons. The van der Waals surface area contributed by atoms with Gasteiger partial charge in [0.1, 0.15) is 0 Å². The van der Waals surface area contributed by atoms with Gasteiger partial charge >= 0.3 is 6.03 Å². The van der Waals surface area contributed by atoms with Crippen LogP contribution < -0.4 is 5.32 Å². The van der Waals surface area contributed by atoms with Crippen LogP contribution in [-0.2, 0) is 5.54 Å². The van der Waals surface area contributed by atoms with E-state index in [1.165, 1.54) is 0 Å². The monoisotopic (exact) mass is 430 g/mol. The number of nitrogens with one attached hydrogen (secondary N) is 1. The Bertz CT molecular complexity index is 751. The number of halogens is 1. The molecule has 2 N–H and O–H groups in total. The predicted octanol–water partition coefficient (Wildman–Crippen LogP) is 4.98. The summed E-state index contributed by atoms with van der Waals surface area (Å²) in [4.78, 5) is 15.1. The van der Waals surface area contributed by atoms with E-state index in [-0.39, 0.29) is 18.7 Å². The molecule has 3 rings (SSSR count). The van der Waals surface area contributed by atoms with Gasteiger partial charge < -0.3 is 15.3 Å². The standard InChI is InChI=1S/C22H27BrN2O2/c1-17(18-9-11-20(23)12-10-18)25-15-5-13-22(14-6-16-26,24-21(25)27)19-7-3-2-4-8-19/h2-4,7-12,17,26H,5-6,13-16H2,1H3,(H,24,27)/t17-,22?/m0/s1. The molecule has 2 aromatic carbocycles. The summed E-state index contributed by atoms with van der Waals surface area (Å²) in [7, 11) is 0. The molecule has 1 unspecified atom stereocenters. The first-order valence-electron chi connectivity index (χ1n) is 9.56. The maximum absolute atomic E-state index is 13.2. The third kappa shape index (κ3) is 4.53. The minimum absolute atomic E-state index is 0.00233. The topological polar surface area (TPSA) is 52.6 Å². The van der Waals surface area contributed by atoms with Crippen molar-refractivity contribution >= 4 is 22.0 Å². The summed E-state index contributed by atoms with van der Waals surface area (Å²) in [6.45, 7) is 2.92. The van der Waals surface area contributed by atoms with E-state index < -0.39 is 5.54 Å². The third-order valence-electron chi connectivity index (χ3n) is 5.52. The van der Waals surface area contributed by atoms with Crippen LogP contribution >= 0.6 is 15.9 Å². The third-order valence-corrected chi connectivity index (χ3v) is 6.05. The quantitative estimate of drug-likeness (QED) is 0.678. The van der Waals surface area contributed by atoms with Gasteiger partial charge in [0.25, 0.3) is 0 Å². The molecule has 4 nitrogen and oxygen atoms in total. The molecule has 1 aliphatic heterocycles. The lowest BCUT2D eigenvalue weighted by atomic mass is 9.82. The molecule has 2 aromatic rings. The lowest BCUT2D eigenvalue weighted by molar-refractivity contribution is 0.174. The highest BCUT2D eigenvalue weighted by Gasteiger charge is 2.38. The normalized spacial score (nSPS) is 21.4. The van der Waals surface area contributed by atoms with Gasteiger partial charge in [-0.3, -0.25) is 0 Å². The molecule has 0 aromatic heterocycles. The van der Waals surface area contributed by atoms with Crippen LogP contribution in [0.25, 0.3) is 0 Å². The average molecular weight is 431 g/mol. The van der Waals surface area contributed by atoms with E-state index in [0.29, 0.717) is 6.42 Å². The van der Waals surface area contributed by atoms with Crippen LogP contribution in [0.15, 0.2) is 59.1 Å². The average Bonchev–Trinajstić information content (AvgIpc) is 2.86. The Kier molecular flexibility index (Phi) is 6.55. The SMILES string of the molecule is C[C@@H](c1ccc(Br)cc1)N1CCCC(CCCO)(c2ccccc2)NC1=O. The molecule has 2 atom stereocenters. The lowest BCUT2D eigenvalue weighted by Crippen LogP contribution is -2.49. The van der Waals surface area contributed by atoms with Crippen molar-refractivity contribution in [3.8, 4) is 0 Å². The van der Waals surface area contributed by atoms with Gasteiger partial charge in [-0.25, -0.2) is 4.79 Å². The van der Waals surface area contributed by atoms with Crippen LogP contribution in [0.3, 0.4) is 0 Å². The smallest absolute Gasteiger partial charge is 0.318 e. The van der Waals surface area contributed by atoms with Crippen molar-refractivity contribution < 1.29 is 9.90 Å². The van der Waals surface area contributed by atoms with Crippen LogP contribution in [-0.4, -0.2) is 29.2 Å². The first-order valence-corrected chi connectivity index (χ1v) is 10.4. The number of urea groups is 1. The number of hydrogen-bond donors (Lipinski definition) is 2. The zero-order valence-corrected chi connectivity index (χ0v) is 17.3. The largest absolute Gasteiger partial charge is 0.396 e. The molecule has 0 bridgehead atoms. The molecule has 2 amide bonds. The number of hydrogen-bond acceptors (Lipinski definition) is 2. The molecule has 0 aliphatic carbocycles. The fraction of sp³-hybridized carbons (Fsp3) is 0.409. The minimum Gasteiger partial charge on any atom is -0.396 e. The van der Waals surface area contributed by atoms with Gasteiger partial charge in [-0.1, -0.05) is 58.4 Å². The maximum atomic E-state index is 13.2. The Balaban J connectivity index is 1.85. The number of carbonyl (C=O) groups excluding carboxylic acids is 1. The fourth-order valence-corrected chi connectivity index (χ4v) is 4.23. The molecule has 27 heavy (non-hydrogen) atoms. The molecular formula is C22H27BrN2O2. The van der Waals surface area contributed by atoms with E-state index in [2.05, 4.69) is 52.4 Å².